The van der Waals surface area contributed by atoms with Crippen molar-refractivity contribution in [3.63, 3.8) is 0 Å². The van der Waals surface area contributed by atoms with Crippen LogP contribution in [0.4, 0.5) is 0 Å². The van der Waals surface area contributed by atoms with Crippen LogP contribution in [-0.4, -0.2) is 52.8 Å². The summed E-state index contributed by atoms with van der Waals surface area (Å²) >= 11 is 0. The van der Waals surface area contributed by atoms with Gasteiger partial charge in [0, 0.05) is 25.3 Å². The van der Waals surface area contributed by atoms with Gasteiger partial charge in [-0.3, -0.25) is 14.4 Å². The van der Waals surface area contributed by atoms with E-state index in [4.69, 9.17) is 4.74 Å². The van der Waals surface area contributed by atoms with E-state index in [0.717, 1.165) is 19.5 Å². The third kappa shape index (κ3) is 3.22. The number of carbonyl (C=O) groups is 1. The molecule has 0 spiro atoms. The Hall–Kier alpha value is -1.20. The fourth-order valence-electron chi connectivity index (χ4n) is 2.47. The highest BCUT2D eigenvalue weighted by Gasteiger charge is 2.29. The maximum absolute atomic E-state index is 12.5. The van der Waals surface area contributed by atoms with Crippen molar-refractivity contribution in [2.75, 3.05) is 26.2 Å². The van der Waals surface area contributed by atoms with Gasteiger partial charge in [0.05, 0.1) is 6.61 Å². The predicted octanol–water partition coefficient (Wildman–Crippen LogP) is 1.76. The molecule has 2 heterocycles. The van der Waals surface area contributed by atoms with Crippen LogP contribution in [-0.2, 0) is 4.74 Å². The van der Waals surface area contributed by atoms with Crippen LogP contribution in [0.2, 0.25) is 0 Å². The lowest BCUT2D eigenvalue weighted by atomic mass is 10.1. The number of nitrogens with zero attached hydrogens (tertiary/aromatic N) is 3. The Kier molecular flexibility index (Phi) is 4.71. The summed E-state index contributed by atoms with van der Waals surface area (Å²) in [7, 11) is 0. The molecule has 0 radical (unpaired) electrons. The molecule has 5 nitrogen and oxygen atoms in total. The maximum Gasteiger partial charge on any atom is 0.210 e. The van der Waals surface area contributed by atoms with Gasteiger partial charge in [-0.05, 0) is 32.9 Å². The highest BCUT2D eigenvalue weighted by Crippen LogP contribution is 2.15. The van der Waals surface area contributed by atoms with E-state index in [9.17, 15) is 4.79 Å². The molecule has 1 aliphatic rings. The van der Waals surface area contributed by atoms with Crippen molar-refractivity contribution < 1.29 is 9.53 Å². The first-order valence-electron chi connectivity index (χ1n) is 7.05. The van der Waals surface area contributed by atoms with E-state index < -0.39 is 0 Å². The SMILES string of the molecule is CCCN1CCOC(C(=O)c2ccnn2C(C)C)C1. The van der Waals surface area contributed by atoms with Crippen molar-refractivity contribution in [1.82, 2.24) is 14.7 Å². The molecule has 2 rings (SSSR count). The minimum Gasteiger partial charge on any atom is -0.367 e. The molecule has 0 amide bonds. The first-order chi connectivity index (χ1) is 9.13. The molecule has 0 N–H and O–H groups in total. The molecule has 1 aromatic rings. The summed E-state index contributed by atoms with van der Waals surface area (Å²) in [5.74, 6) is 0.0482. The number of aromatic nitrogens is 2. The quantitative estimate of drug-likeness (QED) is 0.761. The van der Waals surface area contributed by atoms with Gasteiger partial charge in [-0.1, -0.05) is 6.92 Å². The van der Waals surface area contributed by atoms with Gasteiger partial charge in [0.15, 0.2) is 0 Å². The van der Waals surface area contributed by atoms with Gasteiger partial charge in [-0.15, -0.1) is 0 Å². The molecule has 0 aromatic carbocycles. The topological polar surface area (TPSA) is 47.4 Å². The fraction of sp³-hybridized carbons (Fsp3) is 0.714. The van der Waals surface area contributed by atoms with Crippen LogP contribution in [0.25, 0.3) is 0 Å². The zero-order chi connectivity index (χ0) is 13.8. The molecular formula is C14H23N3O2. The van der Waals surface area contributed by atoms with Crippen molar-refractivity contribution in [2.45, 2.75) is 39.3 Å². The third-order valence-electron chi connectivity index (χ3n) is 3.39. The van der Waals surface area contributed by atoms with Crippen LogP contribution in [0, 0.1) is 0 Å². The van der Waals surface area contributed by atoms with Crippen LogP contribution in [0.1, 0.15) is 43.7 Å². The monoisotopic (exact) mass is 265 g/mol. The van der Waals surface area contributed by atoms with Gasteiger partial charge < -0.3 is 4.74 Å². The Labute approximate surface area is 114 Å². The highest BCUT2D eigenvalue weighted by atomic mass is 16.5. The predicted molar refractivity (Wildman–Crippen MR) is 73.4 cm³/mol. The maximum atomic E-state index is 12.5. The molecule has 1 unspecified atom stereocenters. The standard InChI is InChI=1S/C14H23N3O2/c1-4-7-16-8-9-19-13(10-16)14(18)12-5-6-15-17(12)11(2)3/h5-6,11,13H,4,7-10H2,1-3H3. The summed E-state index contributed by atoms with van der Waals surface area (Å²) in [6.07, 6.45) is 2.43. The molecule has 5 heteroatoms. The average Bonchev–Trinajstić information content (AvgIpc) is 2.88. The number of hydrogen-bond donors (Lipinski definition) is 0. The van der Waals surface area contributed by atoms with Crippen molar-refractivity contribution in [1.29, 1.82) is 0 Å². The minimum absolute atomic E-state index is 0.0482. The molecular weight excluding hydrogens is 242 g/mol. The van der Waals surface area contributed by atoms with Gasteiger partial charge in [-0.2, -0.15) is 5.10 Å². The number of carbonyl (C=O) groups excluding carboxylic acids is 1. The summed E-state index contributed by atoms with van der Waals surface area (Å²) in [6, 6.07) is 1.97. The third-order valence-corrected chi connectivity index (χ3v) is 3.39. The van der Waals surface area contributed by atoms with E-state index >= 15 is 0 Å². The van der Waals surface area contributed by atoms with E-state index in [1.807, 2.05) is 13.8 Å². The molecule has 1 atom stereocenters. The molecule has 1 saturated heterocycles. The Morgan fingerprint density at radius 3 is 3.05 bits per heavy atom. The molecule has 1 fully saturated rings. The van der Waals surface area contributed by atoms with Gasteiger partial charge in [0.25, 0.3) is 0 Å². The summed E-state index contributed by atoms with van der Waals surface area (Å²) < 4.78 is 7.41. The minimum atomic E-state index is -0.352. The Balaban J connectivity index is 2.08. The second-order valence-electron chi connectivity index (χ2n) is 5.28. The van der Waals surface area contributed by atoms with E-state index in [1.165, 1.54) is 0 Å². The van der Waals surface area contributed by atoms with E-state index in [-0.39, 0.29) is 17.9 Å². The Morgan fingerprint density at radius 1 is 1.58 bits per heavy atom. The first-order valence-corrected chi connectivity index (χ1v) is 7.05. The van der Waals surface area contributed by atoms with Crippen molar-refractivity contribution >= 4 is 5.78 Å². The summed E-state index contributed by atoms with van der Waals surface area (Å²) in [4.78, 5) is 14.8. The Bertz CT molecular complexity index is 426. The van der Waals surface area contributed by atoms with Crippen LogP contribution in [0.5, 0.6) is 0 Å². The van der Waals surface area contributed by atoms with Crippen molar-refractivity contribution in [2.24, 2.45) is 0 Å². The normalized spacial score (nSPS) is 20.9. The molecule has 106 valence electrons. The van der Waals surface area contributed by atoms with Crippen molar-refractivity contribution in [3.8, 4) is 0 Å². The van der Waals surface area contributed by atoms with Gasteiger partial charge in [0.2, 0.25) is 5.78 Å². The molecule has 0 saturated carbocycles. The first kappa shape index (κ1) is 14.2. The largest absolute Gasteiger partial charge is 0.367 e. The molecule has 1 aliphatic heterocycles. The van der Waals surface area contributed by atoms with E-state index in [2.05, 4.69) is 16.9 Å². The fourth-order valence-corrected chi connectivity index (χ4v) is 2.47. The number of ketones is 1. The highest BCUT2D eigenvalue weighted by molar-refractivity contribution is 5.98. The second-order valence-corrected chi connectivity index (χ2v) is 5.28. The number of Topliss-reactive ketones (excluding diaryl/α,β-unsaturated/α-hetero) is 1. The van der Waals surface area contributed by atoms with Crippen LogP contribution in [0.15, 0.2) is 12.3 Å². The summed E-state index contributed by atoms with van der Waals surface area (Å²) in [5.41, 5.74) is 0.651. The molecule has 1 aromatic heterocycles. The number of ether oxygens (including phenoxy) is 1. The van der Waals surface area contributed by atoms with Gasteiger partial charge in [0.1, 0.15) is 11.8 Å². The zero-order valence-corrected chi connectivity index (χ0v) is 12.0. The smallest absolute Gasteiger partial charge is 0.210 e. The lowest BCUT2D eigenvalue weighted by molar-refractivity contribution is -0.0169. The second kappa shape index (κ2) is 6.30. The zero-order valence-electron chi connectivity index (χ0n) is 12.0. The van der Waals surface area contributed by atoms with Crippen LogP contribution < -0.4 is 0 Å². The van der Waals surface area contributed by atoms with E-state index in [1.54, 1.807) is 16.9 Å². The van der Waals surface area contributed by atoms with E-state index in [0.29, 0.717) is 18.8 Å². The average molecular weight is 265 g/mol. The summed E-state index contributed by atoms with van der Waals surface area (Å²) in [6.45, 7) is 9.46. The van der Waals surface area contributed by atoms with Gasteiger partial charge in [-0.25, -0.2) is 0 Å². The number of rotatable bonds is 5. The number of morpholine rings is 1. The van der Waals surface area contributed by atoms with Gasteiger partial charge >= 0.3 is 0 Å². The molecule has 0 bridgehead atoms. The number of hydrogen-bond acceptors (Lipinski definition) is 4. The molecule has 0 aliphatic carbocycles. The molecule has 19 heavy (non-hydrogen) atoms. The lowest BCUT2D eigenvalue weighted by Gasteiger charge is -2.31. The Morgan fingerprint density at radius 2 is 2.37 bits per heavy atom. The lowest BCUT2D eigenvalue weighted by Crippen LogP contribution is -2.46. The van der Waals surface area contributed by atoms with Crippen LogP contribution in [0.3, 0.4) is 0 Å². The van der Waals surface area contributed by atoms with Crippen LogP contribution >= 0.6 is 0 Å². The summed E-state index contributed by atoms with van der Waals surface area (Å²) in [5, 5.41) is 4.21. The van der Waals surface area contributed by atoms with Crippen molar-refractivity contribution in [3.05, 3.63) is 18.0 Å².